The lowest BCUT2D eigenvalue weighted by molar-refractivity contribution is -0.145. The zero-order valence-electron chi connectivity index (χ0n) is 15.9. The lowest BCUT2D eigenvalue weighted by atomic mass is 9.92. The Balaban J connectivity index is 3.36. The number of halogens is 1. The molecule has 25 heavy (non-hydrogen) atoms. The number of nitrogens with zero attached hydrogens (tertiary/aromatic N) is 1. The Morgan fingerprint density at radius 2 is 2.08 bits per heavy atom. The summed E-state index contributed by atoms with van der Waals surface area (Å²) in [6.45, 7) is 12.4. The van der Waals surface area contributed by atoms with E-state index in [1.807, 2.05) is 13.0 Å². The van der Waals surface area contributed by atoms with Crippen LogP contribution >= 0.6 is 11.6 Å². The van der Waals surface area contributed by atoms with Crippen molar-refractivity contribution in [1.29, 1.82) is 0 Å². The van der Waals surface area contributed by atoms with Gasteiger partial charge in [-0.15, -0.1) is 12.3 Å². The second-order valence-corrected chi connectivity index (χ2v) is 13.0. The third kappa shape index (κ3) is 5.57. The van der Waals surface area contributed by atoms with E-state index in [2.05, 4.69) is 44.8 Å². The summed E-state index contributed by atoms with van der Waals surface area (Å²) >= 11 is 6.03. The molecule has 0 aliphatic rings. The van der Waals surface area contributed by atoms with E-state index < -0.39 is 26.3 Å². The second kappa shape index (κ2) is 8.35. The van der Waals surface area contributed by atoms with Crippen LogP contribution in [-0.2, 0) is 9.22 Å². The van der Waals surface area contributed by atoms with Crippen LogP contribution in [0.5, 0.6) is 0 Å². The highest BCUT2D eigenvalue weighted by Crippen LogP contribution is 2.42. The van der Waals surface area contributed by atoms with E-state index in [1.54, 1.807) is 6.20 Å². The molecule has 1 rings (SSSR count). The van der Waals surface area contributed by atoms with Crippen LogP contribution < -0.4 is 0 Å². The smallest absolute Gasteiger partial charge is 0.309 e. The van der Waals surface area contributed by atoms with Gasteiger partial charge in [-0.25, -0.2) is 4.98 Å². The molecular formula is C19H28ClNO3Si. The van der Waals surface area contributed by atoms with Crippen molar-refractivity contribution >= 4 is 25.9 Å². The number of aromatic nitrogens is 1. The number of hydrogen-bond acceptors (Lipinski definition) is 3. The van der Waals surface area contributed by atoms with Crippen LogP contribution in [0.3, 0.4) is 0 Å². The fraction of sp³-hybridized carbons (Fsp3) is 0.579. The first-order valence-electron chi connectivity index (χ1n) is 8.37. The van der Waals surface area contributed by atoms with E-state index in [9.17, 15) is 9.90 Å². The van der Waals surface area contributed by atoms with E-state index >= 15 is 0 Å². The van der Waals surface area contributed by atoms with Gasteiger partial charge < -0.3 is 9.53 Å². The first-order valence-corrected chi connectivity index (χ1v) is 11.7. The average Bonchev–Trinajstić information content (AvgIpc) is 2.47. The molecule has 0 saturated carbocycles. The summed E-state index contributed by atoms with van der Waals surface area (Å²) in [7, 11) is -2.21. The predicted octanol–water partition coefficient (Wildman–Crippen LogP) is 5.22. The number of hydrogen-bond donors (Lipinski definition) is 1. The van der Waals surface area contributed by atoms with Gasteiger partial charge in [0.1, 0.15) is 5.15 Å². The number of carboxylic acids is 1. The van der Waals surface area contributed by atoms with Crippen molar-refractivity contribution in [2.75, 3.05) is 0 Å². The molecule has 4 nitrogen and oxygen atoms in total. The summed E-state index contributed by atoms with van der Waals surface area (Å²) in [6, 6.07) is 1.86. The Bertz CT molecular complexity index is 662. The van der Waals surface area contributed by atoms with Crippen LogP contribution in [0.15, 0.2) is 12.3 Å². The van der Waals surface area contributed by atoms with Crippen molar-refractivity contribution in [3.05, 3.63) is 28.5 Å². The lowest BCUT2D eigenvalue weighted by Crippen LogP contribution is -2.44. The van der Waals surface area contributed by atoms with Crippen molar-refractivity contribution in [2.45, 2.75) is 64.8 Å². The largest absolute Gasteiger partial charge is 0.481 e. The number of terminal acetylenes is 1. The minimum Gasteiger partial charge on any atom is -0.481 e. The maximum atomic E-state index is 11.9. The number of carboxylic acid groups (broad SMARTS) is 1. The molecule has 1 heterocycles. The van der Waals surface area contributed by atoms with Gasteiger partial charge in [-0.3, -0.25) is 4.79 Å². The normalized spacial score (nSPS) is 14.6. The van der Waals surface area contributed by atoms with Crippen LogP contribution in [0.2, 0.25) is 23.3 Å². The Hall–Kier alpha value is -1.35. The topological polar surface area (TPSA) is 59.4 Å². The second-order valence-electron chi connectivity index (χ2n) is 7.86. The molecule has 1 aromatic rings. The minimum absolute atomic E-state index is 0.0463. The van der Waals surface area contributed by atoms with Crippen LogP contribution in [0.1, 0.15) is 50.8 Å². The molecule has 0 fully saturated rings. The maximum absolute atomic E-state index is 11.9. The Morgan fingerprint density at radius 3 is 2.52 bits per heavy atom. The SMILES string of the molecule is C#CCC[C@@H](C(=O)O)[C@H](O[Si](C)(C)C(C)(C)C)c1cnc(Cl)c(C)c1. The van der Waals surface area contributed by atoms with Gasteiger partial charge in [-0.1, -0.05) is 32.4 Å². The molecule has 0 spiro atoms. The van der Waals surface area contributed by atoms with Gasteiger partial charge >= 0.3 is 5.97 Å². The molecule has 0 aliphatic carbocycles. The molecule has 0 radical (unpaired) electrons. The third-order valence-corrected chi connectivity index (χ3v) is 9.73. The Kier molecular flexibility index (Phi) is 7.25. The number of pyridine rings is 1. The van der Waals surface area contributed by atoms with Gasteiger partial charge in [-0.2, -0.15) is 0 Å². The molecular weight excluding hydrogens is 354 g/mol. The summed E-state index contributed by atoms with van der Waals surface area (Å²) in [6.07, 6.45) is 7.10. The highest BCUT2D eigenvalue weighted by atomic mass is 35.5. The molecule has 2 atom stereocenters. The van der Waals surface area contributed by atoms with Crippen molar-refractivity contribution in [3.8, 4) is 12.3 Å². The fourth-order valence-corrected chi connectivity index (χ4v) is 3.65. The monoisotopic (exact) mass is 381 g/mol. The zero-order chi connectivity index (χ0) is 19.4. The molecule has 0 amide bonds. The van der Waals surface area contributed by atoms with E-state index in [4.69, 9.17) is 22.5 Å². The quantitative estimate of drug-likeness (QED) is 0.399. The first-order chi connectivity index (χ1) is 11.4. The highest BCUT2D eigenvalue weighted by molar-refractivity contribution is 6.74. The van der Waals surface area contributed by atoms with Crippen molar-refractivity contribution < 1.29 is 14.3 Å². The van der Waals surface area contributed by atoms with E-state index in [1.165, 1.54) is 0 Å². The summed E-state index contributed by atoms with van der Waals surface area (Å²) < 4.78 is 6.51. The van der Waals surface area contributed by atoms with E-state index in [0.717, 1.165) is 11.1 Å². The molecule has 138 valence electrons. The molecule has 0 saturated heterocycles. The van der Waals surface area contributed by atoms with E-state index in [-0.39, 0.29) is 5.04 Å². The van der Waals surface area contributed by atoms with Crippen LogP contribution in [0.25, 0.3) is 0 Å². The van der Waals surface area contributed by atoms with Gasteiger partial charge in [0, 0.05) is 12.6 Å². The van der Waals surface area contributed by atoms with Crippen molar-refractivity contribution in [3.63, 3.8) is 0 Å². The van der Waals surface area contributed by atoms with Gasteiger partial charge in [0.2, 0.25) is 0 Å². The molecule has 0 bridgehead atoms. The number of carbonyl (C=O) groups is 1. The number of aliphatic carboxylic acids is 1. The molecule has 0 aromatic carbocycles. The summed E-state index contributed by atoms with van der Waals surface area (Å²) in [5, 5.41) is 10.1. The van der Waals surface area contributed by atoms with Crippen LogP contribution in [-0.4, -0.2) is 24.4 Å². The molecule has 0 aliphatic heterocycles. The molecule has 1 N–H and O–H groups in total. The molecule has 6 heteroatoms. The molecule has 0 unspecified atom stereocenters. The molecule has 1 aromatic heterocycles. The van der Waals surface area contributed by atoms with Crippen LogP contribution in [0.4, 0.5) is 0 Å². The highest BCUT2D eigenvalue weighted by Gasteiger charge is 2.42. The van der Waals surface area contributed by atoms with Crippen molar-refractivity contribution in [2.24, 2.45) is 5.92 Å². The summed E-state index contributed by atoms with van der Waals surface area (Å²) in [5.74, 6) is 0.889. The number of rotatable bonds is 7. The van der Waals surface area contributed by atoms with Crippen LogP contribution in [0, 0.1) is 25.2 Å². The Labute approximate surface area is 157 Å². The fourth-order valence-electron chi connectivity index (χ4n) is 2.26. The standard InChI is InChI=1S/C19H28ClNO3Si/c1-8-9-10-15(18(22)23)16(24-25(6,7)19(3,4)5)14-11-13(2)17(20)21-12-14/h1,11-12,15-16H,9-10H2,2-7H3,(H,22,23)/t15-,16-/m1/s1. The van der Waals surface area contributed by atoms with Gasteiger partial charge in [0.15, 0.2) is 8.32 Å². The van der Waals surface area contributed by atoms with Gasteiger partial charge in [-0.05, 0) is 48.7 Å². The van der Waals surface area contributed by atoms with Crippen molar-refractivity contribution in [1.82, 2.24) is 4.98 Å². The number of aryl methyl sites for hydroxylation is 1. The first kappa shape index (κ1) is 21.7. The summed E-state index contributed by atoms with van der Waals surface area (Å²) in [5.41, 5.74) is 1.53. The zero-order valence-corrected chi connectivity index (χ0v) is 17.6. The summed E-state index contributed by atoms with van der Waals surface area (Å²) in [4.78, 5) is 16.1. The third-order valence-electron chi connectivity index (χ3n) is 4.87. The van der Waals surface area contributed by atoms with E-state index in [0.29, 0.717) is 18.0 Å². The lowest BCUT2D eigenvalue weighted by Gasteiger charge is -2.41. The minimum atomic E-state index is -2.21. The van der Waals surface area contributed by atoms with Gasteiger partial charge in [0.25, 0.3) is 0 Å². The van der Waals surface area contributed by atoms with Gasteiger partial charge in [0.05, 0.1) is 12.0 Å². The maximum Gasteiger partial charge on any atom is 0.309 e. The Morgan fingerprint density at radius 1 is 1.48 bits per heavy atom. The predicted molar refractivity (Wildman–Crippen MR) is 104 cm³/mol. The average molecular weight is 382 g/mol.